The summed E-state index contributed by atoms with van der Waals surface area (Å²) in [6, 6.07) is 16.9. The molecule has 34 heavy (non-hydrogen) atoms. The van der Waals surface area contributed by atoms with Crippen molar-refractivity contribution in [1.82, 2.24) is 20.3 Å². The minimum absolute atomic E-state index is 0.198. The Bertz CT molecular complexity index is 1560. The van der Waals surface area contributed by atoms with Crippen LogP contribution in [0.5, 0.6) is 0 Å². The van der Waals surface area contributed by atoms with Crippen LogP contribution in [0, 0.1) is 0 Å². The van der Waals surface area contributed by atoms with Gasteiger partial charge in [0.05, 0.1) is 16.1 Å². The lowest BCUT2D eigenvalue weighted by molar-refractivity contribution is 0.0949. The number of halogens is 1. The summed E-state index contributed by atoms with van der Waals surface area (Å²) in [5.74, 6) is -0.753. The number of rotatable bonds is 6. The zero-order chi connectivity index (χ0) is 23.7. The highest BCUT2D eigenvalue weighted by molar-refractivity contribution is 6.35. The molecule has 0 radical (unpaired) electrons. The number of aromatic amines is 1. The topological polar surface area (TPSA) is 114 Å². The first-order valence-corrected chi connectivity index (χ1v) is 11.0. The summed E-state index contributed by atoms with van der Waals surface area (Å²) < 4.78 is 0. The van der Waals surface area contributed by atoms with Crippen LogP contribution < -0.4 is 11.1 Å². The van der Waals surface area contributed by atoms with Gasteiger partial charge in [0.1, 0.15) is 5.69 Å². The van der Waals surface area contributed by atoms with Gasteiger partial charge in [0.25, 0.3) is 11.8 Å². The van der Waals surface area contributed by atoms with Gasteiger partial charge in [-0.2, -0.15) is 0 Å². The number of carbonyl (C=O) groups excluding carboxylic acids is 2. The number of H-pyrrole nitrogens is 1. The van der Waals surface area contributed by atoms with Crippen LogP contribution in [-0.4, -0.2) is 26.8 Å². The first-order chi connectivity index (χ1) is 16.5. The zero-order valence-electron chi connectivity index (χ0n) is 18.0. The molecule has 3 aromatic heterocycles. The molecule has 8 heteroatoms. The molecular formula is C26H20ClN5O2. The summed E-state index contributed by atoms with van der Waals surface area (Å²) in [7, 11) is 0. The summed E-state index contributed by atoms with van der Waals surface area (Å²) in [4.78, 5) is 35.7. The van der Waals surface area contributed by atoms with Gasteiger partial charge in [0.2, 0.25) is 0 Å². The number of nitrogens with one attached hydrogen (secondary N) is 2. The van der Waals surface area contributed by atoms with E-state index in [0.29, 0.717) is 29.1 Å². The van der Waals surface area contributed by atoms with Crippen LogP contribution >= 0.6 is 11.6 Å². The number of nitrogens with two attached hydrogens (primary N) is 1. The van der Waals surface area contributed by atoms with Crippen LogP contribution in [0.3, 0.4) is 0 Å². The molecule has 4 N–H and O–H groups in total. The molecule has 7 nitrogen and oxygen atoms in total. The SMILES string of the molecule is NC(=O)c1ccc2cc(Cc3cncc(C(=O)NCc4ccc5[nH]cc(Cl)c5c4)c3)ccc2n1. The normalized spacial score (nSPS) is 11.1. The Labute approximate surface area is 200 Å². The van der Waals surface area contributed by atoms with Gasteiger partial charge in [-0.05, 0) is 59.5 Å². The molecule has 0 aliphatic carbocycles. The molecule has 2 aromatic carbocycles. The van der Waals surface area contributed by atoms with Gasteiger partial charge >= 0.3 is 0 Å². The molecule has 0 atom stereocenters. The minimum Gasteiger partial charge on any atom is -0.364 e. The Morgan fingerprint density at radius 2 is 1.82 bits per heavy atom. The van der Waals surface area contributed by atoms with E-state index >= 15 is 0 Å². The molecule has 168 valence electrons. The smallest absolute Gasteiger partial charge is 0.267 e. The van der Waals surface area contributed by atoms with Crippen molar-refractivity contribution in [3.8, 4) is 0 Å². The molecule has 0 aliphatic rings. The van der Waals surface area contributed by atoms with E-state index in [1.54, 1.807) is 24.7 Å². The van der Waals surface area contributed by atoms with E-state index < -0.39 is 5.91 Å². The second-order valence-electron chi connectivity index (χ2n) is 8.05. The highest BCUT2D eigenvalue weighted by atomic mass is 35.5. The van der Waals surface area contributed by atoms with Crippen LogP contribution in [0.15, 0.2) is 73.2 Å². The van der Waals surface area contributed by atoms with Crippen molar-refractivity contribution in [2.45, 2.75) is 13.0 Å². The summed E-state index contributed by atoms with van der Waals surface area (Å²) in [5, 5.41) is 5.42. The maximum Gasteiger partial charge on any atom is 0.267 e. The molecular weight excluding hydrogens is 450 g/mol. The van der Waals surface area contributed by atoms with E-state index in [-0.39, 0.29) is 11.6 Å². The lowest BCUT2D eigenvalue weighted by atomic mass is 10.0. The van der Waals surface area contributed by atoms with Crippen LogP contribution in [0.1, 0.15) is 37.5 Å². The molecule has 0 spiro atoms. The standard InChI is InChI=1S/C26H20ClN5O2/c27-21-14-30-23-5-2-16(10-20(21)23)12-31-26(34)19-9-17(11-29-13-19)7-15-1-4-22-18(8-15)3-6-24(32-22)25(28)33/h1-6,8-11,13-14,30H,7,12H2,(H2,28,33)(H,31,34). The van der Waals surface area contributed by atoms with Crippen LogP contribution in [0.25, 0.3) is 21.8 Å². The first-order valence-electron chi connectivity index (χ1n) is 10.6. The van der Waals surface area contributed by atoms with Crippen molar-refractivity contribution < 1.29 is 9.59 Å². The molecule has 0 bridgehead atoms. The number of nitrogens with zero attached hydrogens (tertiary/aromatic N) is 2. The lowest BCUT2D eigenvalue weighted by Gasteiger charge is -2.08. The summed E-state index contributed by atoms with van der Waals surface area (Å²) in [6.07, 6.45) is 5.65. The Morgan fingerprint density at radius 3 is 2.68 bits per heavy atom. The minimum atomic E-state index is -0.555. The molecule has 5 aromatic rings. The van der Waals surface area contributed by atoms with Crippen LogP contribution in [0.4, 0.5) is 0 Å². The molecule has 0 saturated heterocycles. The summed E-state index contributed by atoms with van der Waals surface area (Å²) >= 11 is 6.19. The Kier molecular flexibility index (Phi) is 5.69. The van der Waals surface area contributed by atoms with E-state index in [0.717, 1.165) is 33.0 Å². The van der Waals surface area contributed by atoms with Crippen molar-refractivity contribution in [3.05, 3.63) is 106 Å². The number of benzene rings is 2. The first kappa shape index (κ1) is 21.6. The largest absolute Gasteiger partial charge is 0.364 e. The second-order valence-corrected chi connectivity index (χ2v) is 8.45. The van der Waals surface area contributed by atoms with Gasteiger partial charge in [-0.25, -0.2) is 4.98 Å². The van der Waals surface area contributed by atoms with E-state index in [9.17, 15) is 9.59 Å². The number of amides is 2. The molecule has 0 saturated carbocycles. The fraction of sp³-hybridized carbons (Fsp3) is 0.0769. The highest BCUT2D eigenvalue weighted by Gasteiger charge is 2.10. The van der Waals surface area contributed by atoms with Crippen molar-refractivity contribution in [2.24, 2.45) is 5.73 Å². The molecule has 2 amide bonds. The van der Waals surface area contributed by atoms with Crippen molar-refractivity contribution in [2.75, 3.05) is 0 Å². The average molecular weight is 470 g/mol. The van der Waals surface area contributed by atoms with Crippen LogP contribution in [-0.2, 0) is 13.0 Å². The predicted molar refractivity (Wildman–Crippen MR) is 132 cm³/mol. The average Bonchev–Trinajstić information content (AvgIpc) is 3.22. The second kappa shape index (κ2) is 8.96. The third-order valence-electron chi connectivity index (χ3n) is 5.62. The molecule has 0 aliphatic heterocycles. The molecule has 5 rings (SSSR count). The lowest BCUT2D eigenvalue weighted by Crippen LogP contribution is -2.23. The van der Waals surface area contributed by atoms with Gasteiger partial charge < -0.3 is 16.0 Å². The number of aromatic nitrogens is 3. The van der Waals surface area contributed by atoms with Gasteiger partial charge in [-0.15, -0.1) is 0 Å². The summed E-state index contributed by atoms with van der Waals surface area (Å²) in [5.41, 5.74) is 10.6. The van der Waals surface area contributed by atoms with E-state index in [4.69, 9.17) is 17.3 Å². The number of carbonyl (C=O) groups is 2. The monoisotopic (exact) mass is 469 g/mol. The maximum atomic E-state index is 12.7. The van der Waals surface area contributed by atoms with Gasteiger partial charge in [-0.1, -0.05) is 29.8 Å². The predicted octanol–water partition coefficient (Wildman–Crippen LogP) is 4.38. The van der Waals surface area contributed by atoms with Gasteiger partial charge in [0.15, 0.2) is 0 Å². The highest BCUT2D eigenvalue weighted by Crippen LogP contribution is 2.24. The molecule has 0 fully saturated rings. The number of hydrogen-bond acceptors (Lipinski definition) is 4. The zero-order valence-corrected chi connectivity index (χ0v) is 18.8. The van der Waals surface area contributed by atoms with E-state index in [1.165, 1.54) is 0 Å². The Balaban J connectivity index is 1.28. The van der Waals surface area contributed by atoms with Crippen molar-refractivity contribution >= 4 is 45.2 Å². The maximum absolute atomic E-state index is 12.7. The molecule has 0 unspecified atom stereocenters. The number of primary amides is 1. The van der Waals surface area contributed by atoms with E-state index in [2.05, 4.69) is 20.3 Å². The van der Waals surface area contributed by atoms with Crippen molar-refractivity contribution in [1.29, 1.82) is 0 Å². The van der Waals surface area contributed by atoms with Crippen molar-refractivity contribution in [3.63, 3.8) is 0 Å². The van der Waals surface area contributed by atoms with Crippen LogP contribution in [0.2, 0.25) is 5.02 Å². The third-order valence-corrected chi connectivity index (χ3v) is 5.93. The van der Waals surface area contributed by atoms with Gasteiger partial charge in [0, 0.05) is 41.4 Å². The third kappa shape index (κ3) is 4.46. The quantitative estimate of drug-likeness (QED) is 0.342. The van der Waals surface area contributed by atoms with Gasteiger partial charge in [-0.3, -0.25) is 14.6 Å². The summed E-state index contributed by atoms with van der Waals surface area (Å²) in [6.45, 7) is 0.380. The Morgan fingerprint density at radius 1 is 0.971 bits per heavy atom. The number of hydrogen-bond donors (Lipinski definition) is 3. The Hall–Kier alpha value is -4.23. The van der Waals surface area contributed by atoms with E-state index in [1.807, 2.05) is 48.5 Å². The fourth-order valence-electron chi connectivity index (χ4n) is 3.89. The number of pyridine rings is 2. The molecule has 3 heterocycles. The fourth-order valence-corrected chi connectivity index (χ4v) is 4.11. The number of fused-ring (bicyclic) bond motifs is 2.